The van der Waals surface area contributed by atoms with E-state index in [4.69, 9.17) is 0 Å². The molecule has 2 fully saturated rings. The molecule has 5 heteroatoms. The molecule has 0 radical (unpaired) electrons. The molecule has 0 aromatic carbocycles. The van der Waals surface area contributed by atoms with Crippen LogP contribution in [0.3, 0.4) is 0 Å². The van der Waals surface area contributed by atoms with Crippen LogP contribution in [0.1, 0.15) is 58.3 Å². The van der Waals surface area contributed by atoms with E-state index in [1.165, 1.54) is 12.8 Å². The van der Waals surface area contributed by atoms with Crippen LogP contribution < -0.4 is 4.72 Å². The van der Waals surface area contributed by atoms with Gasteiger partial charge in [-0.1, -0.05) is 32.6 Å². The van der Waals surface area contributed by atoms with Gasteiger partial charge in [-0.2, -0.15) is 17.4 Å². The van der Waals surface area contributed by atoms with E-state index in [0.29, 0.717) is 19.0 Å². The average molecular weight is 274 g/mol. The third-order valence-electron chi connectivity index (χ3n) is 4.13. The molecule has 2 aliphatic rings. The summed E-state index contributed by atoms with van der Waals surface area (Å²) in [4.78, 5) is 0. The number of nitrogens with one attached hydrogen (secondary N) is 1. The Labute approximate surface area is 111 Å². The van der Waals surface area contributed by atoms with Gasteiger partial charge < -0.3 is 0 Å². The molecule has 0 aromatic heterocycles. The molecule has 0 unspecified atom stereocenters. The fourth-order valence-electron chi connectivity index (χ4n) is 3.05. The maximum Gasteiger partial charge on any atom is 0.279 e. The Kier molecular flexibility index (Phi) is 5.04. The molecular weight excluding hydrogens is 248 g/mol. The lowest BCUT2D eigenvalue weighted by molar-refractivity contribution is 0.275. The van der Waals surface area contributed by atoms with Gasteiger partial charge in [0.25, 0.3) is 10.2 Å². The Morgan fingerprint density at radius 1 is 1.00 bits per heavy atom. The third-order valence-corrected chi connectivity index (χ3v) is 5.77. The highest BCUT2D eigenvalue weighted by molar-refractivity contribution is 7.87. The normalized spacial score (nSPS) is 29.1. The zero-order valence-electron chi connectivity index (χ0n) is 11.4. The van der Waals surface area contributed by atoms with E-state index in [2.05, 4.69) is 11.6 Å². The highest BCUT2D eigenvalue weighted by Gasteiger charge is 2.29. The maximum absolute atomic E-state index is 12.3. The smallest absolute Gasteiger partial charge is 0.199 e. The predicted octanol–water partition coefficient (Wildman–Crippen LogP) is 2.28. The summed E-state index contributed by atoms with van der Waals surface area (Å²) in [6, 6.07) is 0.162. The standard InChI is InChI=1S/C13H26N2O2S/c1-12-7-6-10-15(11-12)18(16,17)14-13-8-4-2-3-5-9-13/h12-14H,2-11H2,1H3/t12-/m0/s1. The number of hydrogen-bond donors (Lipinski definition) is 1. The number of rotatable bonds is 3. The third kappa shape index (κ3) is 3.93. The molecule has 1 aliphatic heterocycles. The van der Waals surface area contributed by atoms with E-state index in [-0.39, 0.29) is 6.04 Å². The first kappa shape index (κ1) is 14.3. The molecule has 1 atom stereocenters. The molecular formula is C13H26N2O2S. The Morgan fingerprint density at radius 3 is 2.28 bits per heavy atom. The molecule has 0 aromatic rings. The van der Waals surface area contributed by atoms with Crippen molar-refractivity contribution in [2.45, 2.75) is 64.3 Å². The first-order chi connectivity index (χ1) is 8.58. The number of hydrogen-bond acceptors (Lipinski definition) is 2. The molecule has 18 heavy (non-hydrogen) atoms. The molecule has 1 heterocycles. The van der Waals surface area contributed by atoms with Crippen molar-refractivity contribution in [3.05, 3.63) is 0 Å². The van der Waals surface area contributed by atoms with Gasteiger partial charge in [-0.15, -0.1) is 0 Å². The quantitative estimate of drug-likeness (QED) is 0.803. The van der Waals surface area contributed by atoms with Crippen LogP contribution in [0.2, 0.25) is 0 Å². The van der Waals surface area contributed by atoms with E-state index in [0.717, 1.165) is 38.5 Å². The SMILES string of the molecule is C[C@H]1CCCN(S(=O)(=O)NC2CCCCCC2)C1. The van der Waals surface area contributed by atoms with Gasteiger partial charge in [-0.05, 0) is 31.6 Å². The van der Waals surface area contributed by atoms with Crippen LogP contribution in [0.15, 0.2) is 0 Å². The Hall–Kier alpha value is -0.130. The lowest BCUT2D eigenvalue weighted by atomic mass is 10.0. The van der Waals surface area contributed by atoms with Crippen molar-refractivity contribution in [2.24, 2.45) is 5.92 Å². The molecule has 1 N–H and O–H groups in total. The molecule has 0 bridgehead atoms. The molecule has 4 nitrogen and oxygen atoms in total. The molecule has 1 saturated heterocycles. The summed E-state index contributed by atoms with van der Waals surface area (Å²) in [5.41, 5.74) is 0. The summed E-state index contributed by atoms with van der Waals surface area (Å²) in [7, 11) is -3.25. The Balaban J connectivity index is 1.93. The fraction of sp³-hybridized carbons (Fsp3) is 1.00. The summed E-state index contributed by atoms with van der Waals surface area (Å²) in [6.07, 6.45) is 8.96. The molecule has 106 valence electrons. The second-order valence-electron chi connectivity index (χ2n) is 5.92. The summed E-state index contributed by atoms with van der Waals surface area (Å²) < 4.78 is 29.2. The van der Waals surface area contributed by atoms with E-state index in [9.17, 15) is 8.42 Å². The van der Waals surface area contributed by atoms with Gasteiger partial charge in [-0.25, -0.2) is 0 Å². The van der Waals surface area contributed by atoms with Gasteiger partial charge in [0, 0.05) is 19.1 Å². The summed E-state index contributed by atoms with van der Waals surface area (Å²) in [6.45, 7) is 3.50. The second-order valence-corrected chi connectivity index (χ2v) is 7.62. The topological polar surface area (TPSA) is 49.4 Å². The molecule has 1 aliphatic carbocycles. The van der Waals surface area contributed by atoms with E-state index >= 15 is 0 Å². The van der Waals surface area contributed by atoms with Gasteiger partial charge in [0.15, 0.2) is 0 Å². The van der Waals surface area contributed by atoms with Crippen molar-refractivity contribution in [3.8, 4) is 0 Å². The van der Waals surface area contributed by atoms with Crippen LogP contribution in [-0.2, 0) is 10.2 Å². The Morgan fingerprint density at radius 2 is 1.67 bits per heavy atom. The largest absolute Gasteiger partial charge is 0.279 e. The monoisotopic (exact) mass is 274 g/mol. The van der Waals surface area contributed by atoms with Crippen molar-refractivity contribution >= 4 is 10.2 Å². The van der Waals surface area contributed by atoms with E-state index < -0.39 is 10.2 Å². The summed E-state index contributed by atoms with van der Waals surface area (Å²) >= 11 is 0. The van der Waals surface area contributed by atoms with Gasteiger partial charge in [0.1, 0.15) is 0 Å². The minimum absolute atomic E-state index is 0.162. The zero-order valence-corrected chi connectivity index (χ0v) is 12.2. The van der Waals surface area contributed by atoms with Crippen molar-refractivity contribution in [1.29, 1.82) is 0 Å². The van der Waals surface area contributed by atoms with E-state index in [1.807, 2.05) is 0 Å². The highest BCUT2D eigenvalue weighted by atomic mass is 32.2. The van der Waals surface area contributed by atoms with Crippen LogP contribution in [0, 0.1) is 5.92 Å². The first-order valence-electron chi connectivity index (χ1n) is 7.35. The minimum Gasteiger partial charge on any atom is -0.199 e. The van der Waals surface area contributed by atoms with Gasteiger partial charge >= 0.3 is 0 Å². The lowest BCUT2D eigenvalue weighted by Crippen LogP contribution is -2.48. The average Bonchev–Trinajstić information content (AvgIpc) is 2.57. The lowest BCUT2D eigenvalue weighted by Gasteiger charge is -2.31. The number of piperidine rings is 1. The summed E-state index contributed by atoms with van der Waals surface area (Å²) in [5, 5.41) is 0. The highest BCUT2D eigenvalue weighted by Crippen LogP contribution is 2.21. The first-order valence-corrected chi connectivity index (χ1v) is 8.79. The van der Waals surface area contributed by atoms with Crippen molar-refractivity contribution < 1.29 is 8.42 Å². The van der Waals surface area contributed by atoms with Gasteiger partial charge in [-0.3, -0.25) is 0 Å². The molecule has 2 rings (SSSR count). The van der Waals surface area contributed by atoms with Gasteiger partial charge in [0.2, 0.25) is 0 Å². The van der Waals surface area contributed by atoms with Crippen molar-refractivity contribution in [1.82, 2.24) is 9.03 Å². The van der Waals surface area contributed by atoms with Crippen LogP contribution in [-0.4, -0.2) is 31.9 Å². The van der Waals surface area contributed by atoms with Crippen LogP contribution >= 0.6 is 0 Å². The molecule has 0 amide bonds. The van der Waals surface area contributed by atoms with Crippen molar-refractivity contribution in [2.75, 3.05) is 13.1 Å². The van der Waals surface area contributed by atoms with E-state index in [1.54, 1.807) is 4.31 Å². The van der Waals surface area contributed by atoms with Crippen LogP contribution in [0.25, 0.3) is 0 Å². The summed E-state index contributed by atoms with van der Waals surface area (Å²) in [5.74, 6) is 0.490. The minimum atomic E-state index is -3.25. The Bertz CT molecular complexity index is 348. The number of nitrogens with zero attached hydrogens (tertiary/aromatic N) is 1. The fourth-order valence-corrected chi connectivity index (χ4v) is 4.67. The predicted molar refractivity (Wildman–Crippen MR) is 73.5 cm³/mol. The molecule has 0 spiro atoms. The van der Waals surface area contributed by atoms with Gasteiger partial charge in [0.05, 0.1) is 0 Å². The maximum atomic E-state index is 12.3. The molecule has 1 saturated carbocycles. The van der Waals surface area contributed by atoms with Crippen molar-refractivity contribution in [3.63, 3.8) is 0 Å². The van der Waals surface area contributed by atoms with Crippen LogP contribution in [0.5, 0.6) is 0 Å². The van der Waals surface area contributed by atoms with Crippen LogP contribution in [0.4, 0.5) is 0 Å². The zero-order chi connectivity index (χ0) is 13.0. The second kappa shape index (κ2) is 6.35.